The van der Waals surface area contributed by atoms with Gasteiger partial charge in [-0.2, -0.15) is 36.5 Å². The highest BCUT2D eigenvalue weighted by Crippen LogP contribution is 2.40. The van der Waals surface area contributed by atoms with Crippen LogP contribution in [0.15, 0.2) is 109 Å². The van der Waals surface area contributed by atoms with Gasteiger partial charge in [-0.15, -0.1) is 0 Å². The summed E-state index contributed by atoms with van der Waals surface area (Å²) in [7, 11) is 4.34. The number of carbonyl (C=O) groups excluding carboxylic acids is 4. The minimum Gasteiger partial charge on any atom is -0.355 e. The van der Waals surface area contributed by atoms with Gasteiger partial charge in [-0.1, -0.05) is 31.2 Å². The van der Waals surface area contributed by atoms with Crippen LogP contribution in [0.5, 0.6) is 0 Å². The minimum atomic E-state index is -4.72. The zero-order valence-corrected chi connectivity index (χ0v) is 47.1. The fraction of sp³-hybridized carbons (Fsp3) is 0.279. The van der Waals surface area contributed by atoms with Gasteiger partial charge in [-0.3, -0.25) is 43.4 Å². The van der Waals surface area contributed by atoms with Crippen LogP contribution in [0, 0.1) is 40.8 Å². The summed E-state index contributed by atoms with van der Waals surface area (Å²) < 4.78 is 169. The molecular weight excluding hydrogens is 1180 g/mol. The van der Waals surface area contributed by atoms with Gasteiger partial charge in [0.2, 0.25) is 11.8 Å². The number of rotatable bonds is 16. The van der Waals surface area contributed by atoms with Crippen molar-refractivity contribution in [1.82, 2.24) is 55.7 Å². The Morgan fingerprint density at radius 2 is 0.977 bits per heavy atom. The number of hydrogen-bond acceptors (Lipinski definition) is 9. The molecule has 2 aliphatic rings. The average molecular weight is 1230 g/mol. The molecule has 0 spiro atoms. The Kier molecular flexibility index (Phi) is 18.6. The molecule has 0 saturated carbocycles. The summed E-state index contributed by atoms with van der Waals surface area (Å²) >= 11 is 0. The van der Waals surface area contributed by atoms with Gasteiger partial charge in [0.15, 0.2) is 11.4 Å². The first-order valence-corrected chi connectivity index (χ1v) is 27.1. The summed E-state index contributed by atoms with van der Waals surface area (Å²) in [6.07, 6.45) is -6.38. The van der Waals surface area contributed by atoms with Crippen LogP contribution in [0.4, 0.5) is 52.7 Å². The molecular formula is C61H53F12N11O4. The molecule has 0 saturated heterocycles. The molecule has 4 aromatic heterocycles. The van der Waals surface area contributed by atoms with E-state index in [1.807, 2.05) is 6.92 Å². The lowest BCUT2D eigenvalue weighted by Crippen LogP contribution is -2.34. The molecule has 27 heteroatoms. The quantitative estimate of drug-likeness (QED) is 0.0685. The molecule has 4 N–H and O–H groups in total. The predicted octanol–water partition coefficient (Wildman–Crippen LogP) is 10.4. The van der Waals surface area contributed by atoms with E-state index in [0.717, 1.165) is 45.8 Å². The molecule has 0 radical (unpaired) electrons. The normalized spacial score (nSPS) is 14.5. The molecule has 8 aromatic rings. The SMILES string of the molecule is CNC(=O)c1cc(-c2cccnc2[C@H](Cc2cc(F)cc(F)c2)NC(=O)Cn2nc(C(F)(F)F)c3c2CC(C)C3)ccc1F.CNC(=O)c1cc(-c2cccnc2[C@H](Cc2cc(F)cc(F)c2)NC(=O)Cn2nc(C(F)(F)F)c3c2CN(C)C3)ccc1F. The molecule has 0 fully saturated rings. The average Bonchev–Trinajstić information content (AvgIpc) is 1.86. The Morgan fingerprint density at radius 1 is 0.557 bits per heavy atom. The number of hydrogen-bond donors (Lipinski definition) is 4. The van der Waals surface area contributed by atoms with E-state index < -0.39 is 107 Å². The van der Waals surface area contributed by atoms with Crippen LogP contribution in [0.25, 0.3) is 22.3 Å². The molecule has 1 unspecified atom stereocenters. The van der Waals surface area contributed by atoms with E-state index in [2.05, 4.69) is 41.4 Å². The van der Waals surface area contributed by atoms with Crippen LogP contribution in [-0.4, -0.2) is 79.2 Å². The van der Waals surface area contributed by atoms with Crippen LogP contribution in [0.3, 0.4) is 0 Å². The van der Waals surface area contributed by atoms with Crippen molar-refractivity contribution in [2.24, 2.45) is 5.92 Å². The first-order valence-electron chi connectivity index (χ1n) is 27.1. The summed E-state index contributed by atoms with van der Waals surface area (Å²) in [6.45, 7) is 0.873. The lowest BCUT2D eigenvalue weighted by atomic mass is 9.94. The third kappa shape index (κ3) is 14.4. The van der Waals surface area contributed by atoms with Crippen molar-refractivity contribution < 1.29 is 71.9 Å². The largest absolute Gasteiger partial charge is 0.435 e. The van der Waals surface area contributed by atoms with Crippen LogP contribution >= 0.6 is 0 Å². The number of nitrogens with zero attached hydrogens (tertiary/aromatic N) is 7. The van der Waals surface area contributed by atoms with Crippen molar-refractivity contribution in [1.29, 1.82) is 0 Å². The number of amides is 4. The van der Waals surface area contributed by atoms with Crippen molar-refractivity contribution in [2.75, 3.05) is 21.1 Å². The number of carbonyl (C=O) groups is 4. The Balaban J connectivity index is 0.000000209. The van der Waals surface area contributed by atoms with Gasteiger partial charge in [-0.25, -0.2) is 26.3 Å². The molecule has 88 heavy (non-hydrogen) atoms. The molecule has 3 atom stereocenters. The summed E-state index contributed by atoms with van der Waals surface area (Å²) in [5.74, 6) is -7.78. The summed E-state index contributed by atoms with van der Waals surface area (Å²) in [5.41, 5.74) is 0.324. The fourth-order valence-corrected chi connectivity index (χ4v) is 10.9. The summed E-state index contributed by atoms with van der Waals surface area (Å²) in [5, 5.41) is 17.6. The maximum atomic E-state index is 14.4. The molecule has 10 rings (SSSR count). The van der Waals surface area contributed by atoms with Crippen molar-refractivity contribution in [3.05, 3.63) is 212 Å². The van der Waals surface area contributed by atoms with Crippen LogP contribution in [0.1, 0.15) is 96.1 Å². The first kappa shape index (κ1) is 63.1. The highest BCUT2D eigenvalue weighted by Gasteiger charge is 2.43. The Hall–Kier alpha value is -9.40. The maximum Gasteiger partial charge on any atom is 0.435 e. The van der Waals surface area contributed by atoms with Crippen LogP contribution in [-0.2, 0) is 73.8 Å². The number of fused-ring (bicyclic) bond motifs is 2. The zero-order chi connectivity index (χ0) is 63.5. The van der Waals surface area contributed by atoms with E-state index in [-0.39, 0.29) is 88.7 Å². The Labute approximate surface area is 494 Å². The number of halogens is 12. The topological polar surface area (TPSA) is 181 Å². The lowest BCUT2D eigenvalue weighted by molar-refractivity contribution is -0.143. The zero-order valence-electron chi connectivity index (χ0n) is 47.1. The number of pyridine rings is 2. The van der Waals surface area contributed by atoms with E-state index >= 15 is 0 Å². The number of benzene rings is 4. The second kappa shape index (κ2) is 25.9. The standard InChI is InChI=1S/C31H27F6N5O2.C30H26F6N6O2/c1-16-8-23-26(9-16)42(41-29(23)31(35,36)37)15-27(43)40-25(12-17-10-19(32)14-20(33)11-17)28-21(4-3-7-39-28)18-5-6-24(34)22(13-18)30(44)38-2;1-37-29(44)21-11-17(5-6-23(21)33)20-4-3-7-38-27(20)24(10-16-8-18(31)12-19(32)9-16)39-26(43)15-42-25-14-41(2)13-22(25)28(40-42)30(34,35)36/h3-7,10-11,13-14,16,25H,8-9,12,15H2,1-2H3,(H,38,44)(H,40,43);3-9,11-12,24H,10,13-15H2,1-2H3,(H,37,44)(H,39,43)/t16?,25-;24-/m00/s1. The predicted molar refractivity (Wildman–Crippen MR) is 294 cm³/mol. The molecule has 1 aliphatic carbocycles. The Bertz CT molecular complexity index is 3690. The van der Waals surface area contributed by atoms with Crippen molar-refractivity contribution in [3.63, 3.8) is 0 Å². The van der Waals surface area contributed by atoms with Gasteiger partial charge in [0, 0.05) is 79.7 Å². The highest BCUT2D eigenvalue weighted by molar-refractivity contribution is 5.96. The molecule has 460 valence electrons. The number of aromatic nitrogens is 6. The van der Waals surface area contributed by atoms with Gasteiger partial charge in [0.05, 0.1) is 40.3 Å². The molecule has 15 nitrogen and oxygen atoms in total. The van der Waals surface area contributed by atoms with Gasteiger partial charge < -0.3 is 21.3 Å². The maximum absolute atomic E-state index is 14.4. The van der Waals surface area contributed by atoms with Gasteiger partial charge in [0.1, 0.15) is 48.0 Å². The second-order valence-corrected chi connectivity index (χ2v) is 21.2. The van der Waals surface area contributed by atoms with Crippen LogP contribution in [0.2, 0.25) is 0 Å². The van der Waals surface area contributed by atoms with Crippen molar-refractivity contribution >= 4 is 23.6 Å². The van der Waals surface area contributed by atoms with Crippen LogP contribution < -0.4 is 21.3 Å². The molecule has 1 aliphatic heterocycles. The third-order valence-electron chi connectivity index (χ3n) is 14.6. The van der Waals surface area contributed by atoms with Gasteiger partial charge in [0.25, 0.3) is 11.8 Å². The molecule has 5 heterocycles. The lowest BCUT2D eigenvalue weighted by Gasteiger charge is -2.22. The summed E-state index contributed by atoms with van der Waals surface area (Å²) in [6, 6.07) is 17.6. The number of alkyl halides is 6. The van der Waals surface area contributed by atoms with Gasteiger partial charge >= 0.3 is 12.4 Å². The fourth-order valence-electron chi connectivity index (χ4n) is 10.9. The monoisotopic (exact) mass is 1230 g/mol. The van der Waals surface area contributed by atoms with E-state index in [9.17, 15) is 71.9 Å². The van der Waals surface area contributed by atoms with E-state index in [4.69, 9.17) is 0 Å². The van der Waals surface area contributed by atoms with Crippen molar-refractivity contribution in [2.45, 2.75) is 83.2 Å². The third-order valence-corrected chi connectivity index (χ3v) is 14.6. The molecule has 4 aromatic carbocycles. The Morgan fingerprint density at radius 3 is 1.40 bits per heavy atom. The highest BCUT2D eigenvalue weighted by atomic mass is 19.4. The van der Waals surface area contributed by atoms with E-state index in [0.29, 0.717) is 46.5 Å². The minimum absolute atomic E-state index is 0.00479. The van der Waals surface area contributed by atoms with Gasteiger partial charge in [-0.05, 0) is 122 Å². The molecule has 4 amide bonds. The van der Waals surface area contributed by atoms with E-state index in [1.54, 1.807) is 36.2 Å². The first-order chi connectivity index (χ1) is 41.7. The van der Waals surface area contributed by atoms with Crippen molar-refractivity contribution in [3.8, 4) is 22.3 Å². The van der Waals surface area contributed by atoms with E-state index in [1.165, 1.54) is 50.8 Å². The summed E-state index contributed by atoms with van der Waals surface area (Å²) in [4.78, 5) is 61.8. The smallest absolute Gasteiger partial charge is 0.355 e. The second-order valence-electron chi connectivity index (χ2n) is 21.2. The number of nitrogens with one attached hydrogen (secondary N) is 4. The molecule has 0 bridgehead atoms.